The fraction of sp³-hybridized carbons (Fsp3) is 0.167. The summed E-state index contributed by atoms with van der Waals surface area (Å²) in [5.41, 5.74) is 1.93. The molecule has 0 aliphatic carbocycles. The van der Waals surface area contributed by atoms with E-state index in [4.69, 9.17) is 18.7 Å². The number of benzene rings is 2. The highest BCUT2D eigenvalue weighted by atomic mass is 16.5. The minimum atomic E-state index is 0.00791. The summed E-state index contributed by atoms with van der Waals surface area (Å²) in [5, 5.41) is 14.2. The Kier molecular flexibility index (Phi) is 4.29. The van der Waals surface area contributed by atoms with Crippen LogP contribution in [0.4, 0.5) is 0 Å². The minimum absolute atomic E-state index is 0.00791. The van der Waals surface area contributed by atoms with Crippen molar-refractivity contribution in [3.8, 4) is 45.4 Å². The van der Waals surface area contributed by atoms with E-state index in [0.29, 0.717) is 34.1 Å². The lowest BCUT2D eigenvalue weighted by Gasteiger charge is -2.13. The highest BCUT2D eigenvalue weighted by molar-refractivity contribution is 5.86. The summed E-state index contributed by atoms with van der Waals surface area (Å²) in [5.74, 6) is 1.96. The van der Waals surface area contributed by atoms with Crippen molar-refractivity contribution >= 4 is 0 Å². The fourth-order valence-corrected chi connectivity index (χ4v) is 2.55. The lowest BCUT2D eigenvalue weighted by Crippen LogP contribution is -1.94. The van der Waals surface area contributed by atoms with Crippen molar-refractivity contribution < 1.29 is 23.8 Å². The molecule has 1 N–H and O–H groups in total. The predicted octanol–water partition coefficient (Wildman–Crippen LogP) is 3.74. The molecule has 0 bridgehead atoms. The van der Waals surface area contributed by atoms with Crippen molar-refractivity contribution in [2.24, 2.45) is 0 Å². The molecule has 0 unspecified atom stereocenters. The second-order valence-corrected chi connectivity index (χ2v) is 5.00. The van der Waals surface area contributed by atoms with Crippen LogP contribution in [0.1, 0.15) is 0 Å². The Hall–Kier alpha value is -3.15. The number of nitrogens with zero attached hydrogens (tertiary/aromatic N) is 1. The SMILES string of the molecule is COc1cccc(-c2cnoc2-c2c(O)ccc(OC)c2OC)c1. The summed E-state index contributed by atoms with van der Waals surface area (Å²) in [6.07, 6.45) is 1.59. The number of phenols is 1. The Bertz CT molecular complexity index is 856. The van der Waals surface area contributed by atoms with E-state index < -0.39 is 0 Å². The highest BCUT2D eigenvalue weighted by Crippen LogP contribution is 2.47. The number of hydrogen-bond acceptors (Lipinski definition) is 6. The first kappa shape index (κ1) is 15.7. The molecule has 1 aromatic heterocycles. The normalized spacial score (nSPS) is 10.5. The smallest absolute Gasteiger partial charge is 0.182 e. The monoisotopic (exact) mass is 327 g/mol. The van der Waals surface area contributed by atoms with Crippen LogP contribution in [-0.4, -0.2) is 31.6 Å². The second-order valence-electron chi connectivity index (χ2n) is 5.00. The molecule has 6 heteroatoms. The summed E-state index contributed by atoms with van der Waals surface area (Å²) in [4.78, 5) is 0. The molecule has 0 fully saturated rings. The summed E-state index contributed by atoms with van der Waals surface area (Å²) < 4.78 is 21.4. The first-order valence-electron chi connectivity index (χ1n) is 7.23. The third-order valence-electron chi connectivity index (χ3n) is 3.70. The molecule has 6 nitrogen and oxygen atoms in total. The van der Waals surface area contributed by atoms with Crippen LogP contribution in [0.15, 0.2) is 47.1 Å². The van der Waals surface area contributed by atoms with E-state index >= 15 is 0 Å². The van der Waals surface area contributed by atoms with E-state index in [1.165, 1.54) is 20.3 Å². The van der Waals surface area contributed by atoms with E-state index in [9.17, 15) is 5.11 Å². The minimum Gasteiger partial charge on any atom is -0.507 e. The molecule has 124 valence electrons. The maximum atomic E-state index is 10.3. The molecule has 0 saturated heterocycles. The van der Waals surface area contributed by atoms with Crippen LogP contribution in [0.5, 0.6) is 23.0 Å². The van der Waals surface area contributed by atoms with E-state index in [2.05, 4.69) is 5.16 Å². The van der Waals surface area contributed by atoms with Crippen molar-refractivity contribution in [2.45, 2.75) is 0 Å². The number of ether oxygens (including phenoxy) is 3. The van der Waals surface area contributed by atoms with Crippen LogP contribution < -0.4 is 14.2 Å². The fourth-order valence-electron chi connectivity index (χ4n) is 2.55. The van der Waals surface area contributed by atoms with Crippen LogP contribution in [0, 0.1) is 0 Å². The van der Waals surface area contributed by atoms with Crippen molar-refractivity contribution in [1.29, 1.82) is 0 Å². The zero-order valence-electron chi connectivity index (χ0n) is 13.6. The first-order chi connectivity index (χ1) is 11.7. The summed E-state index contributed by atoms with van der Waals surface area (Å²) in [6.45, 7) is 0. The quantitative estimate of drug-likeness (QED) is 0.769. The Morgan fingerprint density at radius 1 is 1.00 bits per heavy atom. The lowest BCUT2D eigenvalue weighted by molar-refractivity contribution is 0.350. The van der Waals surface area contributed by atoms with Crippen LogP contribution in [-0.2, 0) is 0 Å². The van der Waals surface area contributed by atoms with Gasteiger partial charge in [-0.3, -0.25) is 0 Å². The summed E-state index contributed by atoms with van der Waals surface area (Å²) in [6, 6.07) is 10.6. The topological polar surface area (TPSA) is 74.0 Å². The largest absolute Gasteiger partial charge is 0.507 e. The molecule has 0 radical (unpaired) electrons. The van der Waals surface area contributed by atoms with Gasteiger partial charge in [0.15, 0.2) is 17.3 Å². The zero-order valence-corrected chi connectivity index (χ0v) is 13.6. The van der Waals surface area contributed by atoms with Gasteiger partial charge in [-0.15, -0.1) is 0 Å². The average Bonchev–Trinajstić information content (AvgIpc) is 3.10. The molecule has 0 atom stereocenters. The number of aromatic hydroxyl groups is 1. The van der Waals surface area contributed by atoms with Gasteiger partial charge in [0.25, 0.3) is 0 Å². The summed E-state index contributed by atoms with van der Waals surface area (Å²) in [7, 11) is 4.63. The molecular weight excluding hydrogens is 310 g/mol. The third-order valence-corrected chi connectivity index (χ3v) is 3.70. The lowest BCUT2D eigenvalue weighted by atomic mass is 10.0. The van der Waals surface area contributed by atoms with Gasteiger partial charge >= 0.3 is 0 Å². The van der Waals surface area contributed by atoms with Gasteiger partial charge in [-0.2, -0.15) is 0 Å². The van der Waals surface area contributed by atoms with E-state index in [1.807, 2.05) is 24.3 Å². The molecule has 3 aromatic rings. The molecule has 0 saturated carbocycles. The Morgan fingerprint density at radius 2 is 1.83 bits per heavy atom. The Labute approximate surface area is 139 Å². The third kappa shape index (κ3) is 2.62. The van der Waals surface area contributed by atoms with Crippen molar-refractivity contribution in [1.82, 2.24) is 5.16 Å². The number of hydrogen-bond donors (Lipinski definition) is 1. The average molecular weight is 327 g/mol. The van der Waals surface area contributed by atoms with E-state index in [-0.39, 0.29) is 5.75 Å². The second kappa shape index (κ2) is 6.54. The molecule has 3 rings (SSSR count). The highest BCUT2D eigenvalue weighted by Gasteiger charge is 2.23. The van der Waals surface area contributed by atoms with Gasteiger partial charge in [0.2, 0.25) is 0 Å². The van der Waals surface area contributed by atoms with E-state index in [1.54, 1.807) is 19.4 Å². The number of methoxy groups -OCH3 is 3. The molecular formula is C18H17NO5. The van der Waals surface area contributed by atoms with Crippen LogP contribution in [0.3, 0.4) is 0 Å². The maximum Gasteiger partial charge on any atom is 0.182 e. The predicted molar refractivity (Wildman–Crippen MR) is 88.7 cm³/mol. The first-order valence-corrected chi connectivity index (χ1v) is 7.23. The van der Waals surface area contributed by atoms with Crippen molar-refractivity contribution in [3.05, 3.63) is 42.6 Å². The number of aromatic nitrogens is 1. The van der Waals surface area contributed by atoms with Crippen LogP contribution in [0.2, 0.25) is 0 Å². The number of phenolic OH excluding ortho intramolecular Hbond substituents is 1. The van der Waals surface area contributed by atoms with Crippen molar-refractivity contribution in [3.63, 3.8) is 0 Å². The van der Waals surface area contributed by atoms with Gasteiger partial charge in [0.05, 0.1) is 27.5 Å². The van der Waals surface area contributed by atoms with Gasteiger partial charge in [0, 0.05) is 5.56 Å². The van der Waals surface area contributed by atoms with Gasteiger partial charge in [-0.05, 0) is 29.8 Å². The molecule has 0 aliphatic heterocycles. The van der Waals surface area contributed by atoms with Gasteiger partial charge < -0.3 is 23.8 Å². The van der Waals surface area contributed by atoms with E-state index in [0.717, 1.165) is 5.56 Å². The van der Waals surface area contributed by atoms with Crippen molar-refractivity contribution in [2.75, 3.05) is 21.3 Å². The standard InChI is InChI=1S/C18H17NO5/c1-21-12-6-4-5-11(9-12)13-10-19-24-17(13)16-14(20)7-8-15(22-2)18(16)23-3/h4-10,20H,1-3H3. The molecule has 1 heterocycles. The number of rotatable bonds is 5. The van der Waals surface area contributed by atoms with Crippen LogP contribution >= 0.6 is 0 Å². The maximum absolute atomic E-state index is 10.3. The molecule has 0 spiro atoms. The zero-order chi connectivity index (χ0) is 17.1. The Balaban J connectivity index is 2.21. The van der Waals surface area contributed by atoms with Gasteiger partial charge in [-0.25, -0.2) is 0 Å². The molecule has 2 aromatic carbocycles. The molecule has 0 amide bonds. The Morgan fingerprint density at radius 3 is 2.54 bits per heavy atom. The summed E-state index contributed by atoms with van der Waals surface area (Å²) >= 11 is 0. The van der Waals surface area contributed by atoms with Crippen LogP contribution in [0.25, 0.3) is 22.5 Å². The van der Waals surface area contributed by atoms with Gasteiger partial charge in [0.1, 0.15) is 17.1 Å². The van der Waals surface area contributed by atoms with Gasteiger partial charge in [-0.1, -0.05) is 17.3 Å². The molecule has 0 aliphatic rings. The molecule has 24 heavy (non-hydrogen) atoms.